The standard InChI is InChI=1S/C11H25B/c1-4-5-6-7-8-10(2)9-11(3)12/h10-11H,4-9,12H2,1-3H3/t10-,11?/m1/s1. The summed E-state index contributed by atoms with van der Waals surface area (Å²) in [5, 5.41) is 0. The average molecular weight is 168 g/mol. The second kappa shape index (κ2) is 7.70. The lowest BCUT2D eigenvalue weighted by Gasteiger charge is -2.13. The topological polar surface area (TPSA) is 0 Å². The van der Waals surface area contributed by atoms with Gasteiger partial charge in [-0.2, -0.15) is 0 Å². The lowest BCUT2D eigenvalue weighted by Crippen LogP contribution is -1.98. The smallest absolute Gasteiger partial charge is 0.0723 e. The Morgan fingerprint density at radius 2 is 1.75 bits per heavy atom. The zero-order chi connectivity index (χ0) is 9.40. The number of hydrogen-bond donors (Lipinski definition) is 0. The lowest BCUT2D eigenvalue weighted by atomic mass is 9.81. The third-order valence-corrected chi connectivity index (χ3v) is 2.42. The molecule has 0 radical (unpaired) electrons. The summed E-state index contributed by atoms with van der Waals surface area (Å²) >= 11 is 0. The first-order valence-electron chi connectivity index (χ1n) is 5.66. The van der Waals surface area contributed by atoms with E-state index in [-0.39, 0.29) is 0 Å². The van der Waals surface area contributed by atoms with Crippen molar-refractivity contribution in [2.75, 3.05) is 0 Å². The van der Waals surface area contributed by atoms with E-state index in [1.165, 1.54) is 38.5 Å². The van der Waals surface area contributed by atoms with Crippen molar-refractivity contribution >= 4 is 7.85 Å². The van der Waals surface area contributed by atoms with E-state index in [2.05, 4.69) is 28.6 Å². The van der Waals surface area contributed by atoms with Crippen molar-refractivity contribution in [3.8, 4) is 0 Å². The minimum atomic E-state index is 0.881. The summed E-state index contributed by atoms with van der Waals surface area (Å²) in [6.45, 7) is 6.99. The summed E-state index contributed by atoms with van der Waals surface area (Å²) in [6, 6.07) is 0. The van der Waals surface area contributed by atoms with Gasteiger partial charge in [-0.15, -0.1) is 0 Å². The fourth-order valence-electron chi connectivity index (χ4n) is 1.84. The van der Waals surface area contributed by atoms with Crippen LogP contribution in [0.2, 0.25) is 5.82 Å². The summed E-state index contributed by atoms with van der Waals surface area (Å²) in [4.78, 5) is 0. The van der Waals surface area contributed by atoms with Crippen LogP contribution >= 0.6 is 0 Å². The normalized spacial score (nSPS) is 15.9. The van der Waals surface area contributed by atoms with Gasteiger partial charge in [0.25, 0.3) is 0 Å². The van der Waals surface area contributed by atoms with Gasteiger partial charge in [0.2, 0.25) is 0 Å². The van der Waals surface area contributed by atoms with Gasteiger partial charge in [-0.1, -0.05) is 65.1 Å². The first-order chi connectivity index (χ1) is 5.66. The van der Waals surface area contributed by atoms with Gasteiger partial charge >= 0.3 is 0 Å². The Balaban J connectivity index is 3.14. The molecule has 1 unspecified atom stereocenters. The van der Waals surface area contributed by atoms with Crippen LogP contribution in [0.5, 0.6) is 0 Å². The average Bonchev–Trinajstić information content (AvgIpc) is 1.97. The van der Waals surface area contributed by atoms with Gasteiger partial charge in [0.15, 0.2) is 0 Å². The second-order valence-corrected chi connectivity index (χ2v) is 4.58. The molecular formula is C11H25B. The quantitative estimate of drug-likeness (QED) is 0.403. The van der Waals surface area contributed by atoms with Gasteiger partial charge in [0.1, 0.15) is 7.85 Å². The molecular weight excluding hydrogens is 143 g/mol. The fourth-order valence-corrected chi connectivity index (χ4v) is 1.84. The molecule has 0 bridgehead atoms. The van der Waals surface area contributed by atoms with E-state index in [1.807, 2.05) is 0 Å². The first-order valence-corrected chi connectivity index (χ1v) is 5.66. The minimum Gasteiger partial charge on any atom is -0.0723 e. The maximum atomic E-state index is 2.39. The van der Waals surface area contributed by atoms with Crippen molar-refractivity contribution in [2.24, 2.45) is 5.92 Å². The van der Waals surface area contributed by atoms with Crippen LogP contribution in [0.3, 0.4) is 0 Å². The number of unbranched alkanes of at least 4 members (excludes halogenated alkanes) is 3. The fraction of sp³-hybridized carbons (Fsp3) is 1.00. The molecule has 2 atom stereocenters. The Morgan fingerprint density at radius 1 is 1.08 bits per heavy atom. The molecule has 1 heteroatoms. The van der Waals surface area contributed by atoms with Gasteiger partial charge in [-0.25, -0.2) is 0 Å². The predicted molar refractivity (Wildman–Crippen MR) is 60.5 cm³/mol. The molecule has 0 amide bonds. The van der Waals surface area contributed by atoms with E-state index in [1.54, 1.807) is 0 Å². The molecule has 12 heavy (non-hydrogen) atoms. The van der Waals surface area contributed by atoms with Crippen LogP contribution in [0.4, 0.5) is 0 Å². The van der Waals surface area contributed by atoms with Crippen molar-refractivity contribution < 1.29 is 0 Å². The molecule has 0 spiro atoms. The van der Waals surface area contributed by atoms with Gasteiger partial charge in [-0.3, -0.25) is 0 Å². The molecule has 0 heterocycles. The van der Waals surface area contributed by atoms with Gasteiger partial charge in [-0.05, 0) is 5.92 Å². The third kappa shape index (κ3) is 8.16. The monoisotopic (exact) mass is 168 g/mol. The molecule has 0 nitrogen and oxygen atoms in total. The highest BCUT2D eigenvalue weighted by molar-refractivity contribution is 6.11. The van der Waals surface area contributed by atoms with E-state index in [4.69, 9.17) is 0 Å². The minimum absolute atomic E-state index is 0.881. The Kier molecular flexibility index (Phi) is 7.74. The van der Waals surface area contributed by atoms with Crippen LogP contribution in [0, 0.1) is 5.92 Å². The van der Waals surface area contributed by atoms with Crippen molar-refractivity contribution in [2.45, 2.75) is 65.1 Å². The third-order valence-electron chi connectivity index (χ3n) is 2.42. The summed E-state index contributed by atoms with van der Waals surface area (Å²) in [5.41, 5.74) is 0. The van der Waals surface area contributed by atoms with E-state index in [0.29, 0.717) is 0 Å². The van der Waals surface area contributed by atoms with E-state index in [9.17, 15) is 0 Å². The summed E-state index contributed by atoms with van der Waals surface area (Å²) in [6.07, 6.45) is 8.53. The number of rotatable bonds is 7. The Labute approximate surface area is 79.5 Å². The van der Waals surface area contributed by atoms with E-state index in [0.717, 1.165) is 11.7 Å². The second-order valence-electron chi connectivity index (χ2n) is 4.58. The summed E-state index contributed by atoms with van der Waals surface area (Å²) in [7, 11) is 2.32. The van der Waals surface area contributed by atoms with Crippen LogP contribution in [-0.2, 0) is 0 Å². The number of hydrogen-bond acceptors (Lipinski definition) is 0. The van der Waals surface area contributed by atoms with Crippen LogP contribution in [-0.4, -0.2) is 7.85 Å². The highest BCUT2D eigenvalue weighted by atomic mass is 14.1. The van der Waals surface area contributed by atoms with E-state index >= 15 is 0 Å². The predicted octanol–water partition coefficient (Wildman–Crippen LogP) is 3.42. The van der Waals surface area contributed by atoms with Crippen molar-refractivity contribution in [3.05, 3.63) is 0 Å². The Bertz CT molecular complexity index is 89.0. The Hall–Kier alpha value is 0.0649. The zero-order valence-electron chi connectivity index (χ0n) is 9.40. The van der Waals surface area contributed by atoms with Crippen LogP contribution in [0.1, 0.15) is 59.3 Å². The highest BCUT2D eigenvalue weighted by Crippen LogP contribution is 2.19. The lowest BCUT2D eigenvalue weighted by molar-refractivity contribution is 0.455. The molecule has 0 saturated carbocycles. The molecule has 0 aromatic rings. The largest absolute Gasteiger partial charge is 0.105 e. The maximum Gasteiger partial charge on any atom is 0.105 e. The van der Waals surface area contributed by atoms with Crippen LogP contribution < -0.4 is 0 Å². The molecule has 0 rings (SSSR count). The highest BCUT2D eigenvalue weighted by Gasteiger charge is 2.03. The van der Waals surface area contributed by atoms with Crippen LogP contribution in [0.25, 0.3) is 0 Å². The molecule has 0 aliphatic heterocycles. The molecule has 0 aliphatic rings. The van der Waals surface area contributed by atoms with Gasteiger partial charge < -0.3 is 0 Å². The van der Waals surface area contributed by atoms with Crippen molar-refractivity contribution in [1.82, 2.24) is 0 Å². The molecule has 0 aliphatic carbocycles. The first kappa shape index (κ1) is 12.1. The van der Waals surface area contributed by atoms with Crippen molar-refractivity contribution in [1.29, 1.82) is 0 Å². The molecule has 0 saturated heterocycles. The molecule has 0 aromatic heterocycles. The van der Waals surface area contributed by atoms with Crippen LogP contribution in [0.15, 0.2) is 0 Å². The molecule has 0 N–H and O–H groups in total. The van der Waals surface area contributed by atoms with Crippen molar-refractivity contribution in [3.63, 3.8) is 0 Å². The molecule has 0 aromatic carbocycles. The van der Waals surface area contributed by atoms with Gasteiger partial charge in [0.05, 0.1) is 0 Å². The maximum absolute atomic E-state index is 2.39. The molecule has 0 fully saturated rings. The summed E-state index contributed by atoms with van der Waals surface area (Å²) in [5.74, 6) is 1.83. The van der Waals surface area contributed by atoms with E-state index < -0.39 is 0 Å². The SMILES string of the molecule is BC(C)C[C@H](C)CCCCCC. The Morgan fingerprint density at radius 3 is 2.25 bits per heavy atom. The van der Waals surface area contributed by atoms with Gasteiger partial charge in [0, 0.05) is 0 Å². The zero-order valence-corrected chi connectivity index (χ0v) is 9.40. The summed E-state index contributed by atoms with van der Waals surface area (Å²) < 4.78 is 0. The molecule has 72 valence electrons.